The number of likely N-dealkylation sites (N-methyl/N-ethyl adjacent to an activating group) is 1. The molecular weight excluding hydrogens is 704 g/mol. The van der Waals surface area contributed by atoms with Crippen molar-refractivity contribution < 1.29 is 33.5 Å². The number of ether oxygens (including phenoxy) is 1. The monoisotopic (exact) mass is 777 g/mol. The van der Waals surface area contributed by atoms with Crippen molar-refractivity contribution in [2.24, 2.45) is 29.4 Å². The van der Waals surface area contributed by atoms with E-state index in [2.05, 4.69) is 38.8 Å². The predicted molar refractivity (Wildman–Crippen MR) is 211 cm³/mol. The maximum absolute atomic E-state index is 14.2. The highest BCUT2D eigenvalue weighted by atomic mass is 16.5. The standard InChI is InChI=1S/C40H72N8O7/c1-7-8-9-13-16-33-27(5)40(54)48(6)32(21-25(2)3)38(52)47-34(28-14-11-10-12-15-28)39(53)45-30(22-41)36(50)46-31(37(51)44-26(4)24-55-33)23-43-35(49)29-17-19-42-20-18-29/h25-34,42H,7-24,41H2,1-6H3,(H,43,49)(H,44,51)(H,45,53)(H,46,50)(H,47,52)/t26-,27-,30+,31+,32+,33-,34+/m1/s1. The first-order valence-electron chi connectivity index (χ1n) is 21.0. The van der Waals surface area contributed by atoms with Crippen LogP contribution in [0.15, 0.2) is 0 Å². The van der Waals surface area contributed by atoms with Gasteiger partial charge >= 0.3 is 0 Å². The SMILES string of the molecule is CCCCCC[C@H]1OC[C@@H](C)NC(=O)[C@H](CNC(=O)C2CCNCC2)NC(=O)[C@H](CN)NC(=O)[C@H](C2CCCCC2)NC(=O)[C@H](CC(C)C)N(C)C(=O)[C@@H]1C. The van der Waals surface area contributed by atoms with E-state index in [1.165, 1.54) is 4.90 Å². The Kier molecular flexibility index (Phi) is 19.9. The van der Waals surface area contributed by atoms with Gasteiger partial charge in [-0.25, -0.2) is 0 Å². The number of hydrogen-bond acceptors (Lipinski definition) is 9. The predicted octanol–water partition coefficient (Wildman–Crippen LogP) is 1.48. The van der Waals surface area contributed by atoms with Crippen LogP contribution in [0.5, 0.6) is 0 Å². The lowest BCUT2D eigenvalue weighted by molar-refractivity contribution is -0.147. The van der Waals surface area contributed by atoms with E-state index in [4.69, 9.17) is 10.5 Å². The first kappa shape index (κ1) is 46.1. The van der Waals surface area contributed by atoms with Crippen LogP contribution < -0.4 is 37.6 Å². The summed E-state index contributed by atoms with van der Waals surface area (Å²) in [6, 6.07) is -4.74. The molecule has 15 heteroatoms. The molecule has 7 atom stereocenters. The summed E-state index contributed by atoms with van der Waals surface area (Å²) < 4.78 is 6.40. The van der Waals surface area contributed by atoms with Gasteiger partial charge in [0.15, 0.2) is 0 Å². The topological polar surface area (TPSA) is 213 Å². The molecule has 0 aromatic heterocycles. The molecule has 0 unspecified atom stereocenters. The number of rotatable bonds is 12. The Balaban J connectivity index is 1.99. The molecule has 8 N–H and O–H groups in total. The first-order valence-corrected chi connectivity index (χ1v) is 21.0. The van der Waals surface area contributed by atoms with Crippen molar-refractivity contribution in [1.29, 1.82) is 0 Å². The third-order valence-electron chi connectivity index (χ3n) is 11.4. The zero-order valence-corrected chi connectivity index (χ0v) is 34.4. The van der Waals surface area contributed by atoms with Crippen LogP contribution >= 0.6 is 0 Å². The second-order valence-corrected chi connectivity index (χ2v) is 16.5. The van der Waals surface area contributed by atoms with Crippen molar-refractivity contribution >= 4 is 35.4 Å². The Morgan fingerprint density at radius 1 is 0.855 bits per heavy atom. The van der Waals surface area contributed by atoms with Gasteiger partial charge in [-0.2, -0.15) is 0 Å². The van der Waals surface area contributed by atoms with Crippen LogP contribution in [0.2, 0.25) is 0 Å². The zero-order valence-electron chi connectivity index (χ0n) is 34.4. The number of nitrogens with zero attached hydrogens (tertiary/aromatic N) is 1. The molecule has 0 aromatic rings. The van der Waals surface area contributed by atoms with E-state index >= 15 is 0 Å². The van der Waals surface area contributed by atoms with Gasteiger partial charge in [0.2, 0.25) is 35.4 Å². The number of nitrogens with two attached hydrogens (primary N) is 1. The zero-order chi connectivity index (χ0) is 40.5. The lowest BCUT2D eigenvalue weighted by Crippen LogP contribution is -2.62. The summed E-state index contributed by atoms with van der Waals surface area (Å²) in [5.74, 6) is -3.57. The summed E-state index contributed by atoms with van der Waals surface area (Å²) in [5, 5.41) is 17.5. The second kappa shape index (κ2) is 23.7. The van der Waals surface area contributed by atoms with Crippen LogP contribution in [0.4, 0.5) is 0 Å². The maximum atomic E-state index is 14.2. The van der Waals surface area contributed by atoms with Gasteiger partial charge in [-0.05, 0) is 70.4 Å². The molecule has 2 heterocycles. The number of amides is 6. The largest absolute Gasteiger partial charge is 0.375 e. The van der Waals surface area contributed by atoms with Crippen molar-refractivity contribution in [1.82, 2.24) is 36.8 Å². The molecule has 55 heavy (non-hydrogen) atoms. The summed E-state index contributed by atoms with van der Waals surface area (Å²) in [4.78, 5) is 84.7. The first-order chi connectivity index (χ1) is 26.3. The van der Waals surface area contributed by atoms with Crippen molar-refractivity contribution in [2.45, 2.75) is 154 Å². The molecule has 0 bridgehead atoms. The van der Waals surface area contributed by atoms with Gasteiger partial charge in [-0.3, -0.25) is 28.8 Å². The second-order valence-electron chi connectivity index (χ2n) is 16.5. The van der Waals surface area contributed by atoms with Crippen LogP contribution in [0.3, 0.4) is 0 Å². The minimum absolute atomic E-state index is 0.0677. The third kappa shape index (κ3) is 14.6. The van der Waals surface area contributed by atoms with Crippen molar-refractivity contribution in [3.63, 3.8) is 0 Å². The summed E-state index contributed by atoms with van der Waals surface area (Å²) in [6.45, 7) is 10.8. The lowest BCUT2D eigenvalue weighted by Gasteiger charge is -2.36. The smallest absolute Gasteiger partial charge is 0.244 e. The van der Waals surface area contributed by atoms with Gasteiger partial charge < -0.3 is 47.3 Å². The molecule has 15 nitrogen and oxygen atoms in total. The highest BCUT2D eigenvalue weighted by molar-refractivity contribution is 5.96. The molecule has 2 saturated heterocycles. The summed E-state index contributed by atoms with van der Waals surface area (Å²) in [7, 11) is 1.64. The van der Waals surface area contributed by atoms with Crippen LogP contribution in [0, 0.1) is 23.7 Å². The molecule has 2 aliphatic heterocycles. The van der Waals surface area contributed by atoms with Gasteiger partial charge in [-0.15, -0.1) is 0 Å². The molecule has 3 fully saturated rings. The molecule has 1 aliphatic carbocycles. The van der Waals surface area contributed by atoms with Crippen molar-refractivity contribution in [3.05, 3.63) is 0 Å². The fraction of sp³-hybridized carbons (Fsp3) is 0.850. The number of unbranched alkanes of at least 4 members (excludes halogenated alkanes) is 3. The minimum atomic E-state index is -1.22. The van der Waals surface area contributed by atoms with Crippen LogP contribution in [-0.2, 0) is 33.5 Å². The molecule has 3 rings (SSSR count). The average molecular weight is 777 g/mol. The highest BCUT2D eigenvalue weighted by Crippen LogP contribution is 2.28. The maximum Gasteiger partial charge on any atom is 0.244 e. The van der Waals surface area contributed by atoms with Gasteiger partial charge in [0, 0.05) is 32.1 Å². The fourth-order valence-corrected chi connectivity index (χ4v) is 7.94. The van der Waals surface area contributed by atoms with Crippen molar-refractivity contribution in [2.75, 3.05) is 39.8 Å². The Morgan fingerprint density at radius 2 is 1.51 bits per heavy atom. The van der Waals surface area contributed by atoms with E-state index in [0.29, 0.717) is 38.5 Å². The number of hydrogen-bond donors (Lipinski definition) is 7. The molecule has 0 spiro atoms. The normalized spacial score (nSPS) is 29.3. The van der Waals surface area contributed by atoms with E-state index in [9.17, 15) is 28.8 Å². The van der Waals surface area contributed by atoms with Crippen molar-refractivity contribution in [3.8, 4) is 0 Å². The Labute approximate surface area is 328 Å². The summed E-state index contributed by atoms with van der Waals surface area (Å²) >= 11 is 0. The van der Waals surface area contributed by atoms with E-state index in [-0.39, 0.29) is 49.3 Å². The number of piperidine rings is 1. The molecule has 314 valence electrons. The molecule has 3 aliphatic rings. The van der Waals surface area contributed by atoms with E-state index < -0.39 is 65.9 Å². The molecule has 1 saturated carbocycles. The molecule has 6 amide bonds. The van der Waals surface area contributed by atoms with E-state index in [1.807, 2.05) is 20.8 Å². The summed E-state index contributed by atoms with van der Waals surface area (Å²) in [5.41, 5.74) is 6.05. The molecular formula is C40H72N8O7. The fourth-order valence-electron chi connectivity index (χ4n) is 7.94. The van der Waals surface area contributed by atoms with Crippen LogP contribution in [-0.4, -0.2) is 116 Å². The van der Waals surface area contributed by atoms with E-state index in [1.54, 1.807) is 14.0 Å². The quantitative estimate of drug-likeness (QED) is 0.143. The number of nitrogens with one attached hydrogen (secondary N) is 6. The van der Waals surface area contributed by atoms with Crippen LogP contribution in [0.25, 0.3) is 0 Å². The number of carbonyl (C=O) groups is 6. The average Bonchev–Trinajstić information content (AvgIpc) is 3.18. The van der Waals surface area contributed by atoms with Gasteiger partial charge in [-0.1, -0.05) is 72.6 Å². The Hall–Kier alpha value is -3.30. The van der Waals surface area contributed by atoms with Crippen LogP contribution in [0.1, 0.15) is 118 Å². The molecule has 0 radical (unpaired) electrons. The lowest BCUT2D eigenvalue weighted by atomic mass is 9.83. The number of carbonyl (C=O) groups excluding carboxylic acids is 6. The Bertz CT molecular complexity index is 1260. The van der Waals surface area contributed by atoms with Gasteiger partial charge in [0.1, 0.15) is 24.2 Å². The van der Waals surface area contributed by atoms with Gasteiger partial charge in [0.05, 0.1) is 18.6 Å². The van der Waals surface area contributed by atoms with Gasteiger partial charge in [0.25, 0.3) is 0 Å². The third-order valence-corrected chi connectivity index (χ3v) is 11.4. The van der Waals surface area contributed by atoms with E-state index in [0.717, 1.165) is 58.0 Å². The highest BCUT2D eigenvalue weighted by Gasteiger charge is 2.39. The summed E-state index contributed by atoms with van der Waals surface area (Å²) in [6.07, 6.45) is 10.0. The Morgan fingerprint density at radius 3 is 2.15 bits per heavy atom. The minimum Gasteiger partial charge on any atom is -0.375 e. The molecule has 0 aromatic carbocycles.